The second-order valence-corrected chi connectivity index (χ2v) is 6.85. The lowest BCUT2D eigenvalue weighted by molar-refractivity contribution is -0.158. The standard InChI is InChI=1S/C18H21ClFNO4/c1-10(2)8-24-17(22)16(18(23)25-9-11(3)4)13-6-15(20)12(7-21)5-14(13)19/h5-6,10-11,16H,8-9H2,1-4H3. The zero-order valence-corrected chi connectivity index (χ0v) is 15.4. The third kappa shape index (κ3) is 6.02. The van der Waals surface area contributed by atoms with E-state index in [2.05, 4.69) is 0 Å². The molecule has 0 unspecified atom stereocenters. The lowest BCUT2D eigenvalue weighted by atomic mass is 9.97. The molecule has 0 aliphatic heterocycles. The first-order valence-corrected chi connectivity index (χ1v) is 8.27. The predicted molar refractivity (Wildman–Crippen MR) is 90.5 cm³/mol. The number of benzene rings is 1. The van der Waals surface area contributed by atoms with Crippen LogP contribution in [0, 0.1) is 29.0 Å². The number of hydrogen-bond acceptors (Lipinski definition) is 5. The van der Waals surface area contributed by atoms with Crippen LogP contribution in [0.5, 0.6) is 0 Å². The van der Waals surface area contributed by atoms with Crippen molar-refractivity contribution in [2.45, 2.75) is 33.6 Å². The Labute approximate surface area is 151 Å². The zero-order chi connectivity index (χ0) is 19.1. The first-order valence-electron chi connectivity index (χ1n) is 7.89. The monoisotopic (exact) mass is 369 g/mol. The highest BCUT2D eigenvalue weighted by Gasteiger charge is 2.34. The minimum atomic E-state index is -1.51. The zero-order valence-electron chi connectivity index (χ0n) is 14.6. The fourth-order valence-electron chi connectivity index (χ4n) is 1.88. The smallest absolute Gasteiger partial charge is 0.324 e. The second kappa shape index (κ2) is 9.38. The van der Waals surface area contributed by atoms with Crippen LogP contribution in [-0.4, -0.2) is 25.2 Å². The molecule has 0 N–H and O–H groups in total. The summed E-state index contributed by atoms with van der Waals surface area (Å²) in [6.45, 7) is 7.56. The Morgan fingerprint density at radius 3 is 2.00 bits per heavy atom. The van der Waals surface area contributed by atoms with Crippen molar-refractivity contribution in [3.05, 3.63) is 34.1 Å². The van der Waals surface area contributed by atoms with E-state index in [1.54, 1.807) is 6.07 Å². The molecule has 0 spiro atoms. The summed E-state index contributed by atoms with van der Waals surface area (Å²) in [6.07, 6.45) is 0. The van der Waals surface area contributed by atoms with Gasteiger partial charge in [0.25, 0.3) is 0 Å². The van der Waals surface area contributed by atoms with Crippen molar-refractivity contribution in [1.29, 1.82) is 5.26 Å². The van der Waals surface area contributed by atoms with Crippen molar-refractivity contribution in [1.82, 2.24) is 0 Å². The highest BCUT2D eigenvalue weighted by atomic mass is 35.5. The van der Waals surface area contributed by atoms with Gasteiger partial charge in [0.2, 0.25) is 0 Å². The molecule has 1 aromatic rings. The largest absolute Gasteiger partial charge is 0.465 e. The first-order chi connectivity index (χ1) is 11.7. The minimum Gasteiger partial charge on any atom is -0.465 e. The van der Waals surface area contributed by atoms with E-state index in [1.165, 1.54) is 0 Å². The molecular formula is C18H21ClFNO4. The molecule has 0 saturated heterocycles. The number of carbonyl (C=O) groups excluding carboxylic acids is 2. The lowest BCUT2D eigenvalue weighted by Gasteiger charge is -2.18. The van der Waals surface area contributed by atoms with Crippen molar-refractivity contribution in [3.8, 4) is 6.07 Å². The van der Waals surface area contributed by atoms with Crippen LogP contribution in [0.2, 0.25) is 5.02 Å². The molecule has 0 heterocycles. The van der Waals surface area contributed by atoms with Crippen LogP contribution in [0.3, 0.4) is 0 Å². The van der Waals surface area contributed by atoms with E-state index in [1.807, 2.05) is 27.7 Å². The maximum atomic E-state index is 14.0. The van der Waals surface area contributed by atoms with Gasteiger partial charge in [-0.3, -0.25) is 9.59 Å². The average molecular weight is 370 g/mol. The Kier molecular flexibility index (Phi) is 7.85. The van der Waals surface area contributed by atoms with Gasteiger partial charge in [0, 0.05) is 5.02 Å². The van der Waals surface area contributed by atoms with E-state index >= 15 is 0 Å². The first kappa shape index (κ1) is 20.9. The molecule has 7 heteroatoms. The number of esters is 2. The van der Waals surface area contributed by atoms with E-state index < -0.39 is 23.7 Å². The fourth-order valence-corrected chi connectivity index (χ4v) is 2.16. The molecule has 0 aliphatic rings. The summed E-state index contributed by atoms with van der Waals surface area (Å²) < 4.78 is 24.2. The molecule has 0 saturated carbocycles. The van der Waals surface area contributed by atoms with Crippen LogP contribution < -0.4 is 0 Å². The van der Waals surface area contributed by atoms with Crippen LogP contribution in [-0.2, 0) is 19.1 Å². The molecule has 1 rings (SSSR count). The maximum absolute atomic E-state index is 14.0. The Morgan fingerprint density at radius 2 is 1.60 bits per heavy atom. The summed E-state index contributed by atoms with van der Waals surface area (Å²) in [5, 5.41) is 8.77. The van der Waals surface area contributed by atoms with Crippen LogP contribution in [0.4, 0.5) is 4.39 Å². The SMILES string of the molecule is CC(C)COC(=O)C(C(=O)OCC(C)C)c1cc(F)c(C#N)cc1Cl. The summed E-state index contributed by atoms with van der Waals surface area (Å²) in [4.78, 5) is 24.8. The van der Waals surface area contributed by atoms with Gasteiger partial charge in [-0.1, -0.05) is 39.3 Å². The number of carbonyl (C=O) groups is 2. The van der Waals surface area contributed by atoms with Crippen molar-refractivity contribution in [2.75, 3.05) is 13.2 Å². The lowest BCUT2D eigenvalue weighted by Crippen LogP contribution is -2.28. The number of ether oxygens (including phenoxy) is 2. The molecule has 136 valence electrons. The summed E-state index contributed by atoms with van der Waals surface area (Å²) in [5.74, 6) is -4.00. The van der Waals surface area contributed by atoms with Gasteiger partial charge >= 0.3 is 11.9 Å². The molecule has 0 amide bonds. The van der Waals surface area contributed by atoms with Gasteiger partial charge in [-0.2, -0.15) is 5.26 Å². The highest BCUT2D eigenvalue weighted by Crippen LogP contribution is 2.30. The van der Waals surface area contributed by atoms with E-state index in [4.69, 9.17) is 26.3 Å². The number of rotatable bonds is 7. The molecule has 0 fully saturated rings. The third-order valence-corrected chi connectivity index (χ3v) is 3.43. The van der Waals surface area contributed by atoms with E-state index in [0.29, 0.717) is 0 Å². The van der Waals surface area contributed by atoms with Gasteiger partial charge in [-0.15, -0.1) is 0 Å². The molecule has 0 atom stereocenters. The van der Waals surface area contributed by atoms with Crippen LogP contribution >= 0.6 is 11.6 Å². The van der Waals surface area contributed by atoms with E-state index in [9.17, 15) is 14.0 Å². The topological polar surface area (TPSA) is 76.4 Å². The second-order valence-electron chi connectivity index (χ2n) is 6.45. The number of nitrogens with zero attached hydrogens (tertiary/aromatic N) is 1. The van der Waals surface area contributed by atoms with Gasteiger partial charge in [-0.05, 0) is 29.5 Å². The van der Waals surface area contributed by atoms with Crippen LogP contribution in [0.15, 0.2) is 12.1 Å². The Balaban J connectivity index is 3.22. The van der Waals surface area contributed by atoms with Gasteiger partial charge in [-0.25, -0.2) is 4.39 Å². The van der Waals surface area contributed by atoms with Crippen molar-refractivity contribution in [2.24, 2.45) is 11.8 Å². The van der Waals surface area contributed by atoms with Crippen LogP contribution in [0.1, 0.15) is 44.7 Å². The van der Waals surface area contributed by atoms with E-state index in [0.717, 1.165) is 12.1 Å². The number of hydrogen-bond donors (Lipinski definition) is 0. The Morgan fingerprint density at radius 1 is 1.12 bits per heavy atom. The Hall–Kier alpha value is -2.13. The predicted octanol–water partition coefficient (Wildman–Crippen LogP) is 3.83. The molecule has 0 radical (unpaired) electrons. The molecule has 25 heavy (non-hydrogen) atoms. The highest BCUT2D eigenvalue weighted by molar-refractivity contribution is 6.32. The summed E-state index contributed by atoms with van der Waals surface area (Å²) >= 11 is 6.06. The summed E-state index contributed by atoms with van der Waals surface area (Å²) in [5.41, 5.74) is -0.362. The molecule has 1 aromatic carbocycles. The summed E-state index contributed by atoms with van der Waals surface area (Å²) in [7, 11) is 0. The van der Waals surface area contributed by atoms with Gasteiger partial charge < -0.3 is 9.47 Å². The normalized spacial score (nSPS) is 10.9. The fraction of sp³-hybridized carbons (Fsp3) is 0.500. The molecule has 0 bridgehead atoms. The van der Waals surface area contributed by atoms with Gasteiger partial charge in [0.1, 0.15) is 11.9 Å². The van der Waals surface area contributed by atoms with E-state index in [-0.39, 0.29) is 41.2 Å². The van der Waals surface area contributed by atoms with Gasteiger partial charge in [0.05, 0.1) is 18.8 Å². The number of nitriles is 1. The molecular weight excluding hydrogens is 349 g/mol. The average Bonchev–Trinajstić information content (AvgIpc) is 2.53. The van der Waals surface area contributed by atoms with Crippen molar-refractivity contribution >= 4 is 23.5 Å². The summed E-state index contributed by atoms with van der Waals surface area (Å²) in [6, 6.07) is 3.62. The molecule has 5 nitrogen and oxygen atoms in total. The molecule has 0 aliphatic carbocycles. The van der Waals surface area contributed by atoms with Crippen LogP contribution in [0.25, 0.3) is 0 Å². The number of halogens is 2. The van der Waals surface area contributed by atoms with Crippen molar-refractivity contribution in [3.63, 3.8) is 0 Å². The molecule has 0 aromatic heterocycles. The minimum absolute atomic E-state index is 0.0597. The maximum Gasteiger partial charge on any atom is 0.324 e. The van der Waals surface area contributed by atoms with Gasteiger partial charge in [0.15, 0.2) is 5.92 Å². The third-order valence-electron chi connectivity index (χ3n) is 3.11. The Bertz CT molecular complexity index is 658. The quantitative estimate of drug-likeness (QED) is 0.539. The van der Waals surface area contributed by atoms with Crippen molar-refractivity contribution < 1.29 is 23.5 Å².